The van der Waals surface area contributed by atoms with Crippen LogP contribution in [0.1, 0.15) is 29.7 Å². The van der Waals surface area contributed by atoms with Gasteiger partial charge in [-0.05, 0) is 24.6 Å². The van der Waals surface area contributed by atoms with Crippen LogP contribution in [0.2, 0.25) is 0 Å². The first-order chi connectivity index (χ1) is 10.3. The first-order valence-corrected chi connectivity index (χ1v) is 7.47. The highest BCUT2D eigenvalue weighted by atomic mass is 16.5. The second-order valence-electron chi connectivity index (χ2n) is 5.59. The minimum absolute atomic E-state index is 0.407. The van der Waals surface area contributed by atoms with Crippen molar-refractivity contribution in [3.8, 4) is 0 Å². The van der Waals surface area contributed by atoms with Crippen LogP contribution < -0.4 is 0 Å². The first kappa shape index (κ1) is 14.2. The molecular formula is C16H22N4O. The van der Waals surface area contributed by atoms with Gasteiger partial charge in [-0.1, -0.05) is 0 Å². The Balaban J connectivity index is 1.76. The van der Waals surface area contributed by atoms with Gasteiger partial charge in [-0.15, -0.1) is 0 Å². The summed E-state index contributed by atoms with van der Waals surface area (Å²) < 4.78 is 7.58. The van der Waals surface area contributed by atoms with E-state index in [1.165, 1.54) is 16.8 Å². The maximum atomic E-state index is 5.66. The van der Waals surface area contributed by atoms with Gasteiger partial charge in [-0.25, -0.2) is 0 Å². The molecule has 5 heteroatoms. The summed E-state index contributed by atoms with van der Waals surface area (Å²) in [6, 6.07) is 4.15. The zero-order valence-electron chi connectivity index (χ0n) is 12.7. The molecule has 112 valence electrons. The summed E-state index contributed by atoms with van der Waals surface area (Å²) in [5.41, 5.74) is 3.82. The number of ether oxygens (including phenoxy) is 1. The number of hydrogen-bond acceptors (Lipinski definition) is 4. The molecule has 0 saturated carbocycles. The molecule has 5 nitrogen and oxygen atoms in total. The van der Waals surface area contributed by atoms with Crippen LogP contribution in [0.4, 0.5) is 0 Å². The second-order valence-corrected chi connectivity index (χ2v) is 5.59. The summed E-state index contributed by atoms with van der Waals surface area (Å²) in [4.78, 5) is 6.52. The fraction of sp³-hybridized carbons (Fsp3) is 0.500. The standard InChI is InChI=1S/C16H22N4O/c1-3-21-12-14-9-20(8-13-4-6-17-7-5-13)11-16-15(14)10-19(2)18-16/h4-7,10,14H,3,8-9,11-12H2,1-2H3/t14-/m1/s1. The SMILES string of the molecule is CCOC[C@H]1CN(Cc2ccncc2)Cc2nn(C)cc21. The van der Waals surface area contributed by atoms with Crippen molar-refractivity contribution in [3.63, 3.8) is 0 Å². The molecule has 3 rings (SSSR count). The Hall–Kier alpha value is -1.72. The average Bonchev–Trinajstić information content (AvgIpc) is 2.86. The lowest BCUT2D eigenvalue weighted by atomic mass is 9.95. The predicted molar refractivity (Wildman–Crippen MR) is 80.8 cm³/mol. The smallest absolute Gasteiger partial charge is 0.0800 e. The highest BCUT2D eigenvalue weighted by Gasteiger charge is 2.28. The van der Waals surface area contributed by atoms with Crippen molar-refractivity contribution in [1.82, 2.24) is 19.7 Å². The van der Waals surface area contributed by atoms with Crippen LogP contribution in [0.25, 0.3) is 0 Å². The van der Waals surface area contributed by atoms with Gasteiger partial charge in [-0.2, -0.15) is 5.10 Å². The van der Waals surface area contributed by atoms with E-state index >= 15 is 0 Å². The molecule has 0 amide bonds. The van der Waals surface area contributed by atoms with E-state index in [1.54, 1.807) is 0 Å². The molecule has 0 N–H and O–H groups in total. The van der Waals surface area contributed by atoms with Gasteiger partial charge in [-0.3, -0.25) is 14.6 Å². The van der Waals surface area contributed by atoms with Crippen LogP contribution in [0.3, 0.4) is 0 Å². The molecule has 2 aromatic heterocycles. The van der Waals surface area contributed by atoms with Crippen molar-refractivity contribution in [3.05, 3.63) is 47.5 Å². The molecular weight excluding hydrogens is 264 g/mol. The third kappa shape index (κ3) is 3.31. The Morgan fingerprint density at radius 3 is 2.90 bits per heavy atom. The van der Waals surface area contributed by atoms with E-state index in [4.69, 9.17) is 4.74 Å². The molecule has 21 heavy (non-hydrogen) atoms. The average molecular weight is 286 g/mol. The van der Waals surface area contributed by atoms with Crippen LogP contribution >= 0.6 is 0 Å². The summed E-state index contributed by atoms with van der Waals surface area (Å²) in [7, 11) is 1.99. The van der Waals surface area contributed by atoms with Crippen molar-refractivity contribution in [2.45, 2.75) is 25.9 Å². The maximum absolute atomic E-state index is 5.66. The highest BCUT2D eigenvalue weighted by Crippen LogP contribution is 2.28. The fourth-order valence-electron chi connectivity index (χ4n) is 2.97. The number of hydrogen-bond donors (Lipinski definition) is 0. The van der Waals surface area contributed by atoms with E-state index < -0.39 is 0 Å². The first-order valence-electron chi connectivity index (χ1n) is 7.47. The monoisotopic (exact) mass is 286 g/mol. The Morgan fingerprint density at radius 2 is 2.14 bits per heavy atom. The Bertz CT molecular complexity index is 581. The summed E-state index contributed by atoms with van der Waals surface area (Å²) in [5, 5.41) is 4.61. The van der Waals surface area contributed by atoms with Crippen LogP contribution in [-0.2, 0) is 24.9 Å². The van der Waals surface area contributed by atoms with E-state index in [0.717, 1.165) is 32.8 Å². The topological polar surface area (TPSA) is 43.2 Å². The Kier molecular flexibility index (Phi) is 4.31. The number of rotatable bonds is 5. The van der Waals surface area contributed by atoms with Gasteiger partial charge in [0.2, 0.25) is 0 Å². The number of aromatic nitrogens is 3. The quantitative estimate of drug-likeness (QED) is 0.842. The third-order valence-electron chi connectivity index (χ3n) is 3.91. The Morgan fingerprint density at radius 1 is 1.33 bits per heavy atom. The molecule has 0 saturated heterocycles. The molecule has 1 aliphatic heterocycles. The molecule has 0 unspecified atom stereocenters. The molecule has 2 aromatic rings. The number of pyridine rings is 1. The third-order valence-corrected chi connectivity index (χ3v) is 3.91. The molecule has 1 aliphatic rings. The number of nitrogens with zero attached hydrogens (tertiary/aromatic N) is 4. The molecule has 0 aliphatic carbocycles. The minimum Gasteiger partial charge on any atom is -0.381 e. The normalized spacial score (nSPS) is 18.7. The molecule has 1 atom stereocenters. The van der Waals surface area contributed by atoms with Gasteiger partial charge < -0.3 is 4.74 Å². The lowest BCUT2D eigenvalue weighted by molar-refractivity contribution is 0.105. The van der Waals surface area contributed by atoms with Crippen molar-refractivity contribution in [1.29, 1.82) is 0 Å². The van der Waals surface area contributed by atoms with Crippen molar-refractivity contribution in [2.24, 2.45) is 7.05 Å². The van der Waals surface area contributed by atoms with Crippen LogP contribution in [-0.4, -0.2) is 39.4 Å². The van der Waals surface area contributed by atoms with E-state index in [0.29, 0.717) is 5.92 Å². The van der Waals surface area contributed by atoms with Gasteiger partial charge in [0.05, 0.1) is 12.3 Å². The van der Waals surface area contributed by atoms with E-state index in [1.807, 2.05) is 31.0 Å². The minimum atomic E-state index is 0.407. The molecule has 3 heterocycles. The van der Waals surface area contributed by atoms with Gasteiger partial charge in [0.15, 0.2) is 0 Å². The van der Waals surface area contributed by atoms with Crippen LogP contribution in [0, 0.1) is 0 Å². The van der Waals surface area contributed by atoms with Gasteiger partial charge in [0.1, 0.15) is 0 Å². The van der Waals surface area contributed by atoms with Crippen LogP contribution in [0.15, 0.2) is 30.7 Å². The highest BCUT2D eigenvalue weighted by molar-refractivity contribution is 5.26. The van der Waals surface area contributed by atoms with Crippen molar-refractivity contribution < 1.29 is 4.74 Å². The second kappa shape index (κ2) is 6.37. The van der Waals surface area contributed by atoms with Crippen molar-refractivity contribution in [2.75, 3.05) is 19.8 Å². The van der Waals surface area contributed by atoms with Crippen LogP contribution in [0.5, 0.6) is 0 Å². The van der Waals surface area contributed by atoms with E-state index in [-0.39, 0.29) is 0 Å². The molecule has 0 spiro atoms. The lowest BCUT2D eigenvalue weighted by Crippen LogP contribution is -2.34. The largest absolute Gasteiger partial charge is 0.381 e. The van der Waals surface area contributed by atoms with Gasteiger partial charge in [0, 0.05) is 63.4 Å². The van der Waals surface area contributed by atoms with E-state index in [9.17, 15) is 0 Å². The van der Waals surface area contributed by atoms with Gasteiger partial charge in [0.25, 0.3) is 0 Å². The number of aryl methyl sites for hydroxylation is 1. The van der Waals surface area contributed by atoms with Crippen molar-refractivity contribution >= 4 is 0 Å². The zero-order valence-corrected chi connectivity index (χ0v) is 12.7. The number of fused-ring (bicyclic) bond motifs is 1. The molecule has 0 fully saturated rings. The summed E-state index contributed by atoms with van der Waals surface area (Å²) >= 11 is 0. The predicted octanol–water partition coefficient (Wildman–Crippen LogP) is 1.95. The zero-order chi connectivity index (χ0) is 14.7. The van der Waals surface area contributed by atoms with E-state index in [2.05, 4.69) is 33.3 Å². The lowest BCUT2D eigenvalue weighted by Gasteiger charge is -2.31. The summed E-state index contributed by atoms with van der Waals surface area (Å²) in [6.07, 6.45) is 5.84. The summed E-state index contributed by atoms with van der Waals surface area (Å²) in [6.45, 7) is 6.42. The fourth-order valence-corrected chi connectivity index (χ4v) is 2.97. The molecule has 0 radical (unpaired) electrons. The Labute approximate surface area is 125 Å². The maximum Gasteiger partial charge on any atom is 0.0800 e. The molecule has 0 bridgehead atoms. The van der Waals surface area contributed by atoms with Gasteiger partial charge >= 0.3 is 0 Å². The molecule has 0 aromatic carbocycles. The summed E-state index contributed by atoms with van der Waals surface area (Å²) in [5.74, 6) is 0.407.